The maximum atomic E-state index is 12.7. The minimum absolute atomic E-state index is 0.0565. The molecule has 1 fully saturated rings. The van der Waals surface area contributed by atoms with Gasteiger partial charge in [0, 0.05) is 0 Å². The summed E-state index contributed by atoms with van der Waals surface area (Å²) in [6, 6.07) is 17.0. The summed E-state index contributed by atoms with van der Waals surface area (Å²) in [6.45, 7) is 1.68. The van der Waals surface area contributed by atoms with E-state index < -0.39 is 41.9 Å². The van der Waals surface area contributed by atoms with Gasteiger partial charge in [-0.2, -0.15) is 0 Å². The normalized spacial score (nSPS) is 21.1. The van der Waals surface area contributed by atoms with Gasteiger partial charge in [0.05, 0.1) is 25.2 Å². The van der Waals surface area contributed by atoms with Crippen molar-refractivity contribution in [2.45, 2.75) is 31.0 Å². The first-order valence-corrected chi connectivity index (χ1v) is 9.05. The van der Waals surface area contributed by atoms with Crippen LogP contribution in [0.3, 0.4) is 0 Å². The van der Waals surface area contributed by atoms with Crippen LogP contribution in [0, 0.1) is 0 Å². The molecule has 0 aromatic heterocycles. The number of hydrogen-bond donors (Lipinski definition) is 3. The van der Waals surface area contributed by atoms with Crippen molar-refractivity contribution in [3.63, 3.8) is 0 Å². The van der Waals surface area contributed by atoms with E-state index in [2.05, 4.69) is 10.6 Å². The van der Waals surface area contributed by atoms with Gasteiger partial charge in [-0.15, -0.1) is 0 Å². The molecule has 2 aromatic rings. The van der Waals surface area contributed by atoms with E-state index in [-0.39, 0.29) is 6.61 Å². The second kappa shape index (κ2) is 8.33. The zero-order valence-electron chi connectivity index (χ0n) is 15.4. The molecule has 1 saturated heterocycles. The number of hydrogen-bond acceptors (Lipinski definition) is 6. The predicted octanol–water partition coefficient (Wildman–Crippen LogP) is 1.40. The number of carbonyl (C=O) groups excluding carboxylic acids is 3. The molecule has 0 bridgehead atoms. The average Bonchev–Trinajstić information content (AvgIpc) is 3.01. The Morgan fingerprint density at radius 2 is 1.68 bits per heavy atom. The number of imide groups is 1. The van der Waals surface area contributed by atoms with Gasteiger partial charge in [-0.25, -0.2) is 4.79 Å². The zero-order valence-corrected chi connectivity index (χ0v) is 15.4. The van der Waals surface area contributed by atoms with Gasteiger partial charge in [0.2, 0.25) is 11.4 Å². The largest absolute Gasteiger partial charge is 0.464 e. The Hall–Kier alpha value is -3.03. The highest BCUT2D eigenvalue weighted by atomic mass is 16.5. The van der Waals surface area contributed by atoms with Gasteiger partial charge in [-0.3, -0.25) is 20.2 Å². The summed E-state index contributed by atoms with van der Waals surface area (Å²) < 4.78 is 5.07. The highest BCUT2D eigenvalue weighted by molar-refractivity contribution is 6.19. The molecule has 0 spiro atoms. The highest BCUT2D eigenvalue weighted by Crippen LogP contribution is 2.33. The van der Waals surface area contributed by atoms with Gasteiger partial charge in [-0.05, 0) is 18.1 Å². The monoisotopic (exact) mass is 382 g/mol. The molecule has 3 atom stereocenters. The fourth-order valence-corrected chi connectivity index (χ4v) is 3.31. The molecule has 7 nitrogen and oxygen atoms in total. The zero-order chi connectivity index (χ0) is 20.1. The smallest absolute Gasteiger partial charge is 0.336 e. The summed E-state index contributed by atoms with van der Waals surface area (Å²) in [4.78, 5) is 37.1. The number of aliphatic hydroxyl groups is 1. The number of amides is 2. The van der Waals surface area contributed by atoms with Gasteiger partial charge >= 0.3 is 5.97 Å². The van der Waals surface area contributed by atoms with Gasteiger partial charge in [0.25, 0.3) is 5.91 Å². The Morgan fingerprint density at radius 3 is 2.18 bits per heavy atom. The minimum Gasteiger partial charge on any atom is -0.464 e. The Morgan fingerprint density at radius 1 is 1.11 bits per heavy atom. The molecule has 7 heteroatoms. The molecule has 28 heavy (non-hydrogen) atoms. The van der Waals surface area contributed by atoms with Crippen molar-refractivity contribution in [2.75, 3.05) is 6.61 Å². The molecule has 0 aliphatic carbocycles. The molecule has 2 amide bonds. The second-order valence-corrected chi connectivity index (χ2v) is 6.57. The first kappa shape index (κ1) is 19.7. The van der Waals surface area contributed by atoms with Crippen molar-refractivity contribution in [1.29, 1.82) is 0 Å². The van der Waals surface area contributed by atoms with E-state index in [9.17, 15) is 19.5 Å². The van der Waals surface area contributed by atoms with Gasteiger partial charge in [-0.1, -0.05) is 60.7 Å². The van der Waals surface area contributed by atoms with Crippen LogP contribution in [0.4, 0.5) is 0 Å². The fraction of sp³-hybridized carbons (Fsp3) is 0.286. The summed E-state index contributed by atoms with van der Waals surface area (Å²) in [5.74, 6) is -2.21. The molecule has 1 aliphatic rings. The lowest BCUT2D eigenvalue weighted by molar-refractivity contribution is -0.155. The number of rotatable bonds is 7. The summed E-state index contributed by atoms with van der Waals surface area (Å²) in [6.07, 6.45) is -1.46. The first-order valence-electron chi connectivity index (χ1n) is 9.05. The number of aliphatic hydroxyl groups excluding tert-OH is 1. The molecule has 0 radical (unpaired) electrons. The average molecular weight is 382 g/mol. The van der Waals surface area contributed by atoms with Crippen LogP contribution in [-0.4, -0.2) is 35.0 Å². The molecular formula is C21H22N2O5. The van der Waals surface area contributed by atoms with Gasteiger partial charge < -0.3 is 9.84 Å². The summed E-state index contributed by atoms with van der Waals surface area (Å²) in [5.41, 5.74) is -0.633. The van der Waals surface area contributed by atoms with Crippen molar-refractivity contribution in [1.82, 2.24) is 10.6 Å². The maximum Gasteiger partial charge on any atom is 0.336 e. The van der Waals surface area contributed by atoms with Crippen molar-refractivity contribution < 1.29 is 24.2 Å². The van der Waals surface area contributed by atoms with Crippen LogP contribution in [0.15, 0.2) is 60.7 Å². The lowest BCUT2D eigenvalue weighted by Gasteiger charge is -2.33. The summed E-state index contributed by atoms with van der Waals surface area (Å²) in [5, 5.41) is 16.2. The molecular weight excluding hydrogens is 360 g/mol. The Bertz CT molecular complexity index is 856. The van der Waals surface area contributed by atoms with Crippen molar-refractivity contribution in [3.05, 3.63) is 71.8 Å². The molecule has 1 heterocycles. The number of nitrogens with one attached hydrogen (secondary N) is 2. The molecule has 3 N–H and O–H groups in total. The Balaban J connectivity index is 2.03. The Labute approximate surface area is 162 Å². The SMILES string of the molecule is CCOC(=O)[C@@]1(N[C@@H](c2ccccc2)[C@H](O)c2ccccc2)CC(=O)NC1=O. The molecule has 0 saturated carbocycles. The molecule has 0 unspecified atom stereocenters. The number of benzene rings is 2. The molecule has 3 rings (SSSR count). The third-order valence-electron chi connectivity index (χ3n) is 4.71. The fourth-order valence-electron chi connectivity index (χ4n) is 3.31. The van der Waals surface area contributed by atoms with Crippen molar-refractivity contribution in [2.24, 2.45) is 0 Å². The third-order valence-corrected chi connectivity index (χ3v) is 4.71. The standard InChI is InChI=1S/C21H22N2O5/c1-2-28-20(27)21(13-16(24)22-19(21)26)23-17(14-9-5-3-6-10-14)18(25)15-11-7-4-8-12-15/h3-12,17-18,23,25H,2,13H2,1H3,(H,22,24,26)/t17-,18+,21+/m0/s1. The molecule has 1 aliphatic heterocycles. The van der Waals surface area contributed by atoms with E-state index in [0.717, 1.165) is 0 Å². The predicted molar refractivity (Wildman–Crippen MR) is 101 cm³/mol. The summed E-state index contributed by atoms with van der Waals surface area (Å²) >= 11 is 0. The van der Waals surface area contributed by atoms with Crippen molar-refractivity contribution in [3.8, 4) is 0 Å². The van der Waals surface area contributed by atoms with E-state index in [1.165, 1.54) is 0 Å². The first-order chi connectivity index (χ1) is 13.5. The lowest BCUT2D eigenvalue weighted by Crippen LogP contribution is -2.59. The topological polar surface area (TPSA) is 105 Å². The highest BCUT2D eigenvalue weighted by Gasteiger charge is 2.55. The van der Waals surface area contributed by atoms with Crippen LogP contribution < -0.4 is 10.6 Å². The van der Waals surface area contributed by atoms with Crippen LogP contribution in [0.2, 0.25) is 0 Å². The number of ether oxygens (including phenoxy) is 1. The third kappa shape index (κ3) is 3.81. The van der Waals surface area contributed by atoms with Crippen molar-refractivity contribution >= 4 is 17.8 Å². The van der Waals surface area contributed by atoms with Gasteiger partial charge in [0.15, 0.2) is 0 Å². The van der Waals surface area contributed by atoms with E-state index in [1.54, 1.807) is 55.5 Å². The quantitative estimate of drug-likeness (QED) is 0.380. The molecule has 146 valence electrons. The minimum atomic E-state index is -1.90. The van der Waals surface area contributed by atoms with E-state index in [1.807, 2.05) is 12.1 Å². The van der Waals surface area contributed by atoms with Crippen LogP contribution in [0.5, 0.6) is 0 Å². The number of esters is 1. The van der Waals surface area contributed by atoms with Crippen LogP contribution in [0.25, 0.3) is 0 Å². The van der Waals surface area contributed by atoms with Crippen LogP contribution in [0.1, 0.15) is 36.6 Å². The maximum absolute atomic E-state index is 12.7. The Kier molecular flexibility index (Phi) is 5.87. The van der Waals surface area contributed by atoms with Crippen LogP contribution in [-0.2, 0) is 19.1 Å². The van der Waals surface area contributed by atoms with E-state index in [4.69, 9.17) is 4.74 Å². The number of carbonyl (C=O) groups is 3. The second-order valence-electron chi connectivity index (χ2n) is 6.57. The van der Waals surface area contributed by atoms with E-state index >= 15 is 0 Å². The van der Waals surface area contributed by atoms with Gasteiger partial charge in [0.1, 0.15) is 0 Å². The lowest BCUT2D eigenvalue weighted by atomic mass is 9.90. The van der Waals surface area contributed by atoms with Crippen LogP contribution >= 0.6 is 0 Å². The molecule has 2 aromatic carbocycles. The van der Waals surface area contributed by atoms with E-state index in [0.29, 0.717) is 11.1 Å². The summed E-state index contributed by atoms with van der Waals surface area (Å²) in [7, 11) is 0.